The normalized spacial score (nSPS) is 14.3. The van der Waals surface area contributed by atoms with Crippen molar-refractivity contribution in [3.8, 4) is 40.1 Å². The van der Waals surface area contributed by atoms with Gasteiger partial charge in [-0.3, -0.25) is 0 Å². The zero-order valence-electron chi connectivity index (χ0n) is 25.0. The number of nitriles is 2. The standard InChI is InChI=1S/C41H27N3O/c1-41(2)34-9-5-3-7-27(34)31-20-33-29-14-13-26(19-39(29)45-40(33)21-35(31)41)30-17-24(22-42)11-15-37(30)44-36-10-6-4-8-28(36)32-18-25(23-43)12-16-38(32)44/h3,5-7,9-21H,4,8H2,1-2H3. The first-order valence-corrected chi connectivity index (χ1v) is 15.4. The number of hydrogen-bond donors (Lipinski definition) is 0. The zero-order valence-corrected chi connectivity index (χ0v) is 25.0. The Morgan fingerprint density at radius 2 is 1.51 bits per heavy atom. The Hall–Kier alpha value is -5.84. The van der Waals surface area contributed by atoms with Gasteiger partial charge in [0.25, 0.3) is 0 Å². The molecule has 0 N–H and O–H groups in total. The lowest BCUT2D eigenvalue weighted by Crippen LogP contribution is -2.14. The van der Waals surface area contributed by atoms with Gasteiger partial charge in [0.2, 0.25) is 0 Å². The van der Waals surface area contributed by atoms with Crippen molar-refractivity contribution in [1.82, 2.24) is 4.57 Å². The van der Waals surface area contributed by atoms with Gasteiger partial charge in [0.15, 0.2) is 0 Å². The Morgan fingerprint density at radius 1 is 0.711 bits per heavy atom. The van der Waals surface area contributed by atoms with E-state index in [1.807, 2.05) is 36.4 Å². The molecule has 4 nitrogen and oxygen atoms in total. The summed E-state index contributed by atoms with van der Waals surface area (Å²) < 4.78 is 8.87. The third-order valence-electron chi connectivity index (χ3n) is 9.93. The number of rotatable bonds is 2. The van der Waals surface area contributed by atoms with Crippen LogP contribution in [0.1, 0.15) is 53.8 Å². The Morgan fingerprint density at radius 3 is 2.38 bits per heavy atom. The number of allylic oxidation sites excluding steroid dienone is 1. The zero-order chi connectivity index (χ0) is 30.4. The van der Waals surface area contributed by atoms with E-state index in [-0.39, 0.29) is 5.41 Å². The molecule has 0 fully saturated rings. The van der Waals surface area contributed by atoms with Crippen molar-refractivity contribution >= 4 is 38.9 Å². The largest absolute Gasteiger partial charge is 0.456 e. The van der Waals surface area contributed by atoms with Crippen LogP contribution in [0.5, 0.6) is 0 Å². The van der Waals surface area contributed by atoms with Crippen molar-refractivity contribution in [2.75, 3.05) is 0 Å². The van der Waals surface area contributed by atoms with Gasteiger partial charge in [0.05, 0.1) is 34.5 Å². The van der Waals surface area contributed by atoms with Crippen LogP contribution in [-0.4, -0.2) is 4.57 Å². The minimum atomic E-state index is -0.0992. The summed E-state index contributed by atoms with van der Waals surface area (Å²) in [6, 6.07) is 36.1. The SMILES string of the molecule is CC1(C)c2ccccc2-c2cc3c(cc21)oc1cc(-c2cc(C#N)ccc2-n2c4c(c5cc(C#N)ccc52)CCC=C4)ccc13. The molecule has 2 aliphatic carbocycles. The van der Waals surface area contributed by atoms with E-state index in [9.17, 15) is 10.5 Å². The highest BCUT2D eigenvalue weighted by Gasteiger charge is 2.36. The van der Waals surface area contributed by atoms with E-state index < -0.39 is 0 Å². The van der Waals surface area contributed by atoms with Crippen LogP contribution in [0.2, 0.25) is 0 Å². The number of nitrogens with zero attached hydrogens (tertiary/aromatic N) is 3. The molecule has 0 spiro atoms. The predicted molar refractivity (Wildman–Crippen MR) is 180 cm³/mol. The molecule has 0 saturated carbocycles. The molecule has 9 rings (SSSR count). The van der Waals surface area contributed by atoms with Crippen molar-refractivity contribution in [2.24, 2.45) is 0 Å². The molecule has 0 aliphatic heterocycles. The highest BCUT2D eigenvalue weighted by molar-refractivity contribution is 6.09. The summed E-state index contributed by atoms with van der Waals surface area (Å²) in [6.45, 7) is 4.57. The van der Waals surface area contributed by atoms with E-state index in [2.05, 4.69) is 97.3 Å². The smallest absolute Gasteiger partial charge is 0.136 e. The molecule has 4 heteroatoms. The Kier molecular flexibility index (Phi) is 5.18. The molecule has 0 radical (unpaired) electrons. The first-order chi connectivity index (χ1) is 22.0. The number of benzene rings is 5. The molecule has 0 bridgehead atoms. The molecule has 2 aliphatic rings. The van der Waals surface area contributed by atoms with E-state index in [4.69, 9.17) is 4.42 Å². The average molecular weight is 578 g/mol. The van der Waals surface area contributed by atoms with Gasteiger partial charge in [-0.1, -0.05) is 50.3 Å². The van der Waals surface area contributed by atoms with Crippen molar-refractivity contribution < 1.29 is 4.42 Å². The van der Waals surface area contributed by atoms with Crippen LogP contribution in [0, 0.1) is 22.7 Å². The number of fused-ring (bicyclic) bond motifs is 9. The summed E-state index contributed by atoms with van der Waals surface area (Å²) >= 11 is 0. The van der Waals surface area contributed by atoms with E-state index >= 15 is 0 Å². The summed E-state index contributed by atoms with van der Waals surface area (Å²) in [7, 11) is 0. The van der Waals surface area contributed by atoms with Gasteiger partial charge in [-0.25, -0.2) is 0 Å². The summed E-state index contributed by atoms with van der Waals surface area (Å²) in [5.74, 6) is 0. The van der Waals surface area contributed by atoms with Gasteiger partial charge in [0, 0.05) is 32.8 Å². The van der Waals surface area contributed by atoms with E-state index in [1.54, 1.807) is 0 Å². The number of aryl methyl sites for hydroxylation is 1. The summed E-state index contributed by atoms with van der Waals surface area (Å²) in [4.78, 5) is 0. The molecule has 2 heterocycles. The monoisotopic (exact) mass is 577 g/mol. The third-order valence-corrected chi connectivity index (χ3v) is 9.93. The number of hydrogen-bond acceptors (Lipinski definition) is 3. The molecule has 7 aromatic rings. The maximum atomic E-state index is 9.89. The summed E-state index contributed by atoms with van der Waals surface area (Å²) in [6.07, 6.45) is 6.29. The lowest BCUT2D eigenvalue weighted by Gasteiger charge is -2.21. The number of aromatic nitrogens is 1. The van der Waals surface area contributed by atoms with Crippen molar-refractivity contribution in [3.05, 3.63) is 131 Å². The average Bonchev–Trinajstić information content (AvgIpc) is 3.68. The minimum Gasteiger partial charge on any atom is -0.456 e. The highest BCUT2D eigenvalue weighted by atomic mass is 16.3. The second-order valence-corrected chi connectivity index (χ2v) is 12.7. The predicted octanol–water partition coefficient (Wildman–Crippen LogP) is 10.2. The van der Waals surface area contributed by atoms with Crippen LogP contribution in [0.3, 0.4) is 0 Å². The third kappa shape index (κ3) is 3.51. The molecular formula is C41H27N3O. The van der Waals surface area contributed by atoms with Gasteiger partial charge in [0.1, 0.15) is 11.2 Å². The maximum absolute atomic E-state index is 9.89. The van der Waals surface area contributed by atoms with Crippen LogP contribution >= 0.6 is 0 Å². The van der Waals surface area contributed by atoms with Gasteiger partial charge in [-0.2, -0.15) is 10.5 Å². The van der Waals surface area contributed by atoms with Crippen LogP contribution in [-0.2, 0) is 11.8 Å². The topological polar surface area (TPSA) is 65.7 Å². The fraction of sp³-hybridized carbons (Fsp3) is 0.122. The van der Waals surface area contributed by atoms with E-state index in [0.29, 0.717) is 11.1 Å². The quantitative estimate of drug-likeness (QED) is 0.205. The fourth-order valence-corrected chi connectivity index (χ4v) is 7.73. The van der Waals surface area contributed by atoms with Crippen molar-refractivity contribution in [2.45, 2.75) is 32.1 Å². The fourth-order valence-electron chi connectivity index (χ4n) is 7.73. The van der Waals surface area contributed by atoms with Crippen LogP contribution in [0.4, 0.5) is 0 Å². The molecule has 0 amide bonds. The minimum absolute atomic E-state index is 0.0992. The Labute approximate surface area is 260 Å². The molecule has 0 atom stereocenters. The molecule has 0 saturated heterocycles. The van der Waals surface area contributed by atoms with Crippen LogP contribution in [0.25, 0.3) is 66.9 Å². The van der Waals surface area contributed by atoms with Gasteiger partial charge in [-0.05, 0) is 113 Å². The van der Waals surface area contributed by atoms with E-state index in [1.165, 1.54) is 27.8 Å². The Balaban J connectivity index is 1.27. The highest BCUT2D eigenvalue weighted by Crippen LogP contribution is 2.51. The maximum Gasteiger partial charge on any atom is 0.136 e. The first-order valence-electron chi connectivity index (χ1n) is 15.4. The van der Waals surface area contributed by atoms with Gasteiger partial charge >= 0.3 is 0 Å². The van der Waals surface area contributed by atoms with Crippen LogP contribution in [0.15, 0.2) is 101 Å². The van der Waals surface area contributed by atoms with E-state index in [0.717, 1.165) is 68.2 Å². The second-order valence-electron chi connectivity index (χ2n) is 12.7. The molecule has 5 aromatic carbocycles. The van der Waals surface area contributed by atoms with Gasteiger partial charge in [-0.15, -0.1) is 0 Å². The summed E-state index contributed by atoms with van der Waals surface area (Å²) in [5, 5.41) is 22.8. The van der Waals surface area contributed by atoms with Crippen molar-refractivity contribution in [1.29, 1.82) is 10.5 Å². The van der Waals surface area contributed by atoms with Crippen LogP contribution < -0.4 is 0 Å². The molecule has 2 aromatic heterocycles. The molecule has 45 heavy (non-hydrogen) atoms. The second kappa shape index (κ2) is 9.08. The molecule has 0 unspecified atom stereocenters. The molecule has 212 valence electrons. The lowest BCUT2D eigenvalue weighted by atomic mass is 9.82. The van der Waals surface area contributed by atoms with Gasteiger partial charge < -0.3 is 8.98 Å². The number of furan rings is 1. The molecular weight excluding hydrogens is 550 g/mol. The Bertz CT molecular complexity index is 2540. The lowest BCUT2D eigenvalue weighted by molar-refractivity contribution is 0.647. The van der Waals surface area contributed by atoms with Crippen molar-refractivity contribution in [3.63, 3.8) is 0 Å². The first kappa shape index (κ1) is 25.6. The summed E-state index contributed by atoms with van der Waals surface area (Å²) in [5.41, 5.74) is 14.4.